The fourth-order valence-electron chi connectivity index (χ4n) is 2.85. The minimum atomic E-state index is -0.00107. The molecule has 2 aromatic rings. The summed E-state index contributed by atoms with van der Waals surface area (Å²) in [6.07, 6.45) is 3.80. The zero-order chi connectivity index (χ0) is 16.9. The van der Waals surface area contributed by atoms with Gasteiger partial charge in [-0.15, -0.1) is 11.3 Å². The van der Waals surface area contributed by atoms with E-state index in [2.05, 4.69) is 47.2 Å². The Morgan fingerprint density at radius 1 is 1.38 bits per heavy atom. The summed E-state index contributed by atoms with van der Waals surface area (Å²) in [6, 6.07) is 6.30. The summed E-state index contributed by atoms with van der Waals surface area (Å²) in [6.45, 7) is 6.32. The molecule has 0 unspecified atom stereocenters. The zero-order valence-corrected chi connectivity index (χ0v) is 14.9. The van der Waals surface area contributed by atoms with Gasteiger partial charge in [0, 0.05) is 24.7 Å². The maximum atomic E-state index is 12.0. The monoisotopic (exact) mass is 345 g/mol. The minimum absolute atomic E-state index is 0.00107. The molecule has 1 aliphatic heterocycles. The van der Waals surface area contributed by atoms with Crippen molar-refractivity contribution in [2.75, 3.05) is 25.0 Å². The molecule has 0 spiro atoms. The fourth-order valence-corrected chi connectivity index (χ4v) is 3.39. The molecular weight excluding hydrogens is 322 g/mol. The van der Waals surface area contributed by atoms with Crippen molar-refractivity contribution in [3.8, 4) is 5.75 Å². The molecule has 24 heavy (non-hydrogen) atoms. The van der Waals surface area contributed by atoms with Crippen LogP contribution in [0, 0.1) is 13.8 Å². The number of anilines is 1. The maximum Gasteiger partial charge on any atom is 0.240 e. The van der Waals surface area contributed by atoms with Crippen LogP contribution in [-0.2, 0) is 4.79 Å². The minimum Gasteiger partial charge on any atom is -0.490 e. The number of amides is 1. The molecule has 128 valence electrons. The Bertz CT molecular complexity index is 680. The number of thiazole rings is 1. The van der Waals surface area contributed by atoms with E-state index in [0.717, 1.165) is 31.7 Å². The number of nitrogens with zero attached hydrogens (tertiary/aromatic N) is 2. The summed E-state index contributed by atoms with van der Waals surface area (Å²) in [5.41, 5.74) is 2.39. The Morgan fingerprint density at radius 3 is 2.88 bits per heavy atom. The molecule has 1 aromatic heterocycles. The number of benzene rings is 1. The molecule has 1 aromatic carbocycles. The van der Waals surface area contributed by atoms with Crippen molar-refractivity contribution in [3.63, 3.8) is 0 Å². The Kier molecular flexibility index (Phi) is 5.48. The number of ether oxygens (including phenoxy) is 1. The number of aryl methyl sites for hydroxylation is 2. The SMILES string of the molecule is Cc1ccc(C)c(OC2CCN(CC(=O)Nc3nccs3)CC2)c1. The van der Waals surface area contributed by atoms with Crippen molar-refractivity contribution < 1.29 is 9.53 Å². The molecule has 6 heteroatoms. The van der Waals surface area contributed by atoms with E-state index in [1.165, 1.54) is 22.5 Å². The maximum absolute atomic E-state index is 12.0. The third-order valence-corrected chi connectivity index (χ3v) is 4.91. The molecule has 5 nitrogen and oxygen atoms in total. The van der Waals surface area contributed by atoms with Crippen molar-refractivity contribution in [1.29, 1.82) is 0 Å². The van der Waals surface area contributed by atoms with Crippen molar-refractivity contribution in [3.05, 3.63) is 40.9 Å². The number of rotatable bonds is 5. The van der Waals surface area contributed by atoms with E-state index in [4.69, 9.17) is 4.74 Å². The second-order valence-corrected chi connectivity index (χ2v) is 7.14. The van der Waals surface area contributed by atoms with Crippen LogP contribution in [0.15, 0.2) is 29.8 Å². The second kappa shape index (κ2) is 7.77. The summed E-state index contributed by atoms with van der Waals surface area (Å²) < 4.78 is 6.17. The predicted octanol–water partition coefficient (Wildman–Crippen LogP) is 3.24. The van der Waals surface area contributed by atoms with E-state index in [1.807, 2.05) is 5.38 Å². The van der Waals surface area contributed by atoms with Gasteiger partial charge in [0.05, 0.1) is 6.54 Å². The number of hydrogen-bond donors (Lipinski definition) is 1. The van der Waals surface area contributed by atoms with Crippen LogP contribution < -0.4 is 10.1 Å². The first kappa shape index (κ1) is 16.9. The Labute approximate surface area is 146 Å². The summed E-state index contributed by atoms with van der Waals surface area (Å²) in [4.78, 5) is 18.3. The van der Waals surface area contributed by atoms with Crippen molar-refractivity contribution in [2.45, 2.75) is 32.8 Å². The number of nitrogens with one attached hydrogen (secondary N) is 1. The highest BCUT2D eigenvalue weighted by Crippen LogP contribution is 2.24. The Morgan fingerprint density at radius 2 is 2.17 bits per heavy atom. The summed E-state index contributed by atoms with van der Waals surface area (Å²) in [5.74, 6) is 0.980. The third kappa shape index (κ3) is 4.55. The first-order chi connectivity index (χ1) is 11.6. The summed E-state index contributed by atoms with van der Waals surface area (Å²) in [5, 5.41) is 5.34. The Balaban J connectivity index is 1.45. The highest BCUT2D eigenvalue weighted by molar-refractivity contribution is 7.13. The molecule has 1 fully saturated rings. The van der Waals surface area contributed by atoms with Crippen LogP contribution in [0.25, 0.3) is 0 Å². The average molecular weight is 345 g/mol. The molecule has 2 heterocycles. The number of carbonyl (C=O) groups is 1. The first-order valence-corrected chi connectivity index (χ1v) is 9.14. The molecule has 0 radical (unpaired) electrons. The van der Waals surface area contributed by atoms with Crippen LogP contribution in [0.4, 0.5) is 5.13 Å². The highest BCUT2D eigenvalue weighted by atomic mass is 32.1. The van der Waals surface area contributed by atoms with Crippen LogP contribution in [0.5, 0.6) is 5.75 Å². The number of piperidine rings is 1. The van der Waals surface area contributed by atoms with Gasteiger partial charge >= 0.3 is 0 Å². The van der Waals surface area contributed by atoms with E-state index in [0.29, 0.717) is 11.7 Å². The van der Waals surface area contributed by atoms with Gasteiger partial charge in [-0.3, -0.25) is 9.69 Å². The van der Waals surface area contributed by atoms with Crippen LogP contribution in [0.2, 0.25) is 0 Å². The van der Waals surface area contributed by atoms with E-state index >= 15 is 0 Å². The molecule has 1 aliphatic rings. The van der Waals surface area contributed by atoms with E-state index < -0.39 is 0 Å². The van der Waals surface area contributed by atoms with Gasteiger partial charge in [-0.1, -0.05) is 12.1 Å². The highest BCUT2D eigenvalue weighted by Gasteiger charge is 2.22. The summed E-state index contributed by atoms with van der Waals surface area (Å²) >= 11 is 1.44. The topological polar surface area (TPSA) is 54.5 Å². The lowest BCUT2D eigenvalue weighted by Gasteiger charge is -2.32. The van der Waals surface area contributed by atoms with E-state index in [-0.39, 0.29) is 12.0 Å². The van der Waals surface area contributed by atoms with Crippen LogP contribution >= 0.6 is 11.3 Å². The number of hydrogen-bond acceptors (Lipinski definition) is 5. The van der Waals surface area contributed by atoms with Crippen molar-refractivity contribution in [2.24, 2.45) is 0 Å². The fraction of sp³-hybridized carbons (Fsp3) is 0.444. The van der Waals surface area contributed by atoms with Crippen molar-refractivity contribution >= 4 is 22.4 Å². The van der Waals surface area contributed by atoms with Gasteiger partial charge in [0.25, 0.3) is 0 Å². The van der Waals surface area contributed by atoms with Gasteiger partial charge in [-0.05, 0) is 43.9 Å². The number of aromatic nitrogens is 1. The van der Waals surface area contributed by atoms with Gasteiger partial charge in [0.1, 0.15) is 11.9 Å². The molecule has 1 saturated heterocycles. The van der Waals surface area contributed by atoms with E-state index in [9.17, 15) is 4.79 Å². The molecule has 0 bridgehead atoms. The number of carbonyl (C=O) groups excluding carboxylic acids is 1. The molecule has 0 saturated carbocycles. The lowest BCUT2D eigenvalue weighted by molar-refractivity contribution is -0.117. The first-order valence-electron chi connectivity index (χ1n) is 8.26. The largest absolute Gasteiger partial charge is 0.490 e. The zero-order valence-electron chi connectivity index (χ0n) is 14.1. The van der Waals surface area contributed by atoms with Crippen molar-refractivity contribution in [1.82, 2.24) is 9.88 Å². The van der Waals surface area contributed by atoms with Crippen LogP contribution in [-0.4, -0.2) is 41.5 Å². The predicted molar refractivity (Wildman–Crippen MR) is 96.7 cm³/mol. The lowest BCUT2D eigenvalue weighted by atomic mass is 10.1. The quantitative estimate of drug-likeness (QED) is 0.904. The van der Waals surface area contributed by atoms with Gasteiger partial charge in [0.2, 0.25) is 5.91 Å². The van der Waals surface area contributed by atoms with E-state index in [1.54, 1.807) is 6.20 Å². The standard InChI is InChI=1S/C18H23N3O2S/c1-13-3-4-14(2)16(11-13)23-15-5-8-21(9-6-15)12-17(22)20-18-19-7-10-24-18/h3-4,7,10-11,15H,5-6,8-9,12H2,1-2H3,(H,19,20,22). The molecular formula is C18H23N3O2S. The van der Waals surface area contributed by atoms with Crippen LogP contribution in [0.1, 0.15) is 24.0 Å². The molecule has 3 rings (SSSR count). The lowest BCUT2D eigenvalue weighted by Crippen LogP contribution is -2.42. The number of likely N-dealkylation sites (tertiary alicyclic amines) is 1. The second-order valence-electron chi connectivity index (χ2n) is 6.25. The average Bonchev–Trinajstić information content (AvgIpc) is 3.05. The van der Waals surface area contributed by atoms with Crippen LogP contribution in [0.3, 0.4) is 0 Å². The normalized spacial score (nSPS) is 16.1. The smallest absolute Gasteiger partial charge is 0.240 e. The third-order valence-electron chi connectivity index (χ3n) is 4.22. The van der Waals surface area contributed by atoms with Gasteiger partial charge in [0.15, 0.2) is 5.13 Å². The van der Waals surface area contributed by atoms with Gasteiger partial charge in [-0.25, -0.2) is 4.98 Å². The molecule has 1 N–H and O–H groups in total. The molecule has 0 aliphatic carbocycles. The summed E-state index contributed by atoms with van der Waals surface area (Å²) in [7, 11) is 0. The molecule has 1 amide bonds. The van der Waals surface area contributed by atoms with Gasteiger partial charge in [-0.2, -0.15) is 0 Å². The van der Waals surface area contributed by atoms with Gasteiger partial charge < -0.3 is 10.1 Å². The molecule has 0 atom stereocenters. The Hall–Kier alpha value is -1.92.